The summed E-state index contributed by atoms with van der Waals surface area (Å²) in [7, 11) is -4.01. The van der Waals surface area contributed by atoms with Crippen molar-refractivity contribution in [2.75, 3.05) is 21.7 Å². The molecule has 0 radical (unpaired) electrons. The van der Waals surface area contributed by atoms with E-state index in [1.807, 2.05) is 6.92 Å². The molecule has 0 aliphatic rings. The first-order chi connectivity index (χ1) is 13.6. The molecule has 8 nitrogen and oxygen atoms in total. The Labute approximate surface area is 169 Å². The first kappa shape index (κ1) is 22.1. The highest BCUT2D eigenvalue weighted by Crippen LogP contribution is 2.15. The van der Waals surface area contributed by atoms with Crippen molar-refractivity contribution in [1.29, 1.82) is 0 Å². The topological polar surface area (TPSA) is 121 Å². The molecule has 1 unspecified atom stereocenters. The zero-order chi connectivity index (χ0) is 21.6. The maximum absolute atomic E-state index is 12.4. The van der Waals surface area contributed by atoms with E-state index in [2.05, 4.69) is 16.0 Å². The monoisotopic (exact) mass is 417 g/mol. The Hall–Kier alpha value is -3.20. The molecule has 3 N–H and O–H groups in total. The standard InChI is InChI=1S/C20H23N3O5S/c1-13-4-6-17(7-5-13)22-19(25)12-29(27,28)14(2)20(26)23-18-10-8-16(9-11-18)21-15(3)24/h4-11,14H,12H2,1-3H3,(H,21,24)(H,22,25)(H,23,26). The van der Waals surface area contributed by atoms with E-state index < -0.39 is 32.7 Å². The largest absolute Gasteiger partial charge is 0.326 e. The van der Waals surface area contributed by atoms with Crippen molar-refractivity contribution in [2.45, 2.75) is 26.0 Å². The summed E-state index contributed by atoms with van der Waals surface area (Å²) in [6.45, 7) is 4.50. The minimum absolute atomic E-state index is 0.231. The van der Waals surface area contributed by atoms with Crippen LogP contribution in [-0.2, 0) is 24.2 Å². The molecule has 9 heteroatoms. The van der Waals surface area contributed by atoms with Gasteiger partial charge in [0.1, 0.15) is 11.0 Å². The van der Waals surface area contributed by atoms with Crippen LogP contribution in [0.15, 0.2) is 48.5 Å². The normalized spacial score (nSPS) is 12.0. The van der Waals surface area contributed by atoms with Crippen LogP contribution in [0.5, 0.6) is 0 Å². The van der Waals surface area contributed by atoms with Gasteiger partial charge in [-0.25, -0.2) is 8.42 Å². The molecule has 29 heavy (non-hydrogen) atoms. The highest BCUT2D eigenvalue weighted by atomic mass is 32.2. The van der Waals surface area contributed by atoms with Gasteiger partial charge in [0.2, 0.25) is 17.7 Å². The van der Waals surface area contributed by atoms with Crippen LogP contribution < -0.4 is 16.0 Å². The number of aryl methyl sites for hydroxylation is 1. The van der Waals surface area contributed by atoms with Gasteiger partial charge >= 0.3 is 0 Å². The molecule has 0 fully saturated rings. The number of hydrogen-bond donors (Lipinski definition) is 3. The number of benzene rings is 2. The van der Waals surface area contributed by atoms with Crippen LogP contribution in [0.25, 0.3) is 0 Å². The Bertz CT molecular complexity index is 999. The van der Waals surface area contributed by atoms with Crippen LogP contribution >= 0.6 is 0 Å². The molecule has 2 aromatic rings. The average Bonchev–Trinajstić information content (AvgIpc) is 2.63. The summed E-state index contributed by atoms with van der Waals surface area (Å²) in [4.78, 5) is 35.4. The maximum atomic E-state index is 12.4. The zero-order valence-corrected chi connectivity index (χ0v) is 17.2. The molecular formula is C20H23N3O5S. The van der Waals surface area contributed by atoms with Crippen LogP contribution in [0.2, 0.25) is 0 Å². The molecule has 2 aromatic carbocycles. The van der Waals surface area contributed by atoms with Gasteiger partial charge in [-0.1, -0.05) is 17.7 Å². The van der Waals surface area contributed by atoms with Crippen molar-refractivity contribution in [3.63, 3.8) is 0 Å². The van der Waals surface area contributed by atoms with Crippen molar-refractivity contribution in [2.24, 2.45) is 0 Å². The van der Waals surface area contributed by atoms with Gasteiger partial charge in [0.15, 0.2) is 9.84 Å². The lowest BCUT2D eigenvalue weighted by Gasteiger charge is -2.14. The fourth-order valence-electron chi connectivity index (χ4n) is 2.39. The third kappa shape index (κ3) is 6.72. The lowest BCUT2D eigenvalue weighted by atomic mass is 10.2. The van der Waals surface area contributed by atoms with Crippen molar-refractivity contribution in [1.82, 2.24) is 0 Å². The van der Waals surface area contributed by atoms with Crippen LogP contribution in [0, 0.1) is 6.92 Å². The maximum Gasteiger partial charge on any atom is 0.242 e. The highest BCUT2D eigenvalue weighted by Gasteiger charge is 2.30. The zero-order valence-electron chi connectivity index (χ0n) is 16.4. The van der Waals surface area contributed by atoms with Gasteiger partial charge in [-0.15, -0.1) is 0 Å². The molecule has 0 aliphatic heterocycles. The predicted octanol–water partition coefficient (Wildman–Crippen LogP) is 2.33. The second kappa shape index (κ2) is 9.33. The fraction of sp³-hybridized carbons (Fsp3) is 0.250. The Balaban J connectivity index is 1.96. The number of anilines is 3. The van der Waals surface area contributed by atoms with E-state index in [-0.39, 0.29) is 5.91 Å². The Morgan fingerprint density at radius 1 is 0.828 bits per heavy atom. The summed E-state index contributed by atoms with van der Waals surface area (Å²) in [5.41, 5.74) is 2.40. The third-order valence-electron chi connectivity index (χ3n) is 4.05. The van der Waals surface area contributed by atoms with Crippen LogP contribution in [0.4, 0.5) is 17.1 Å². The van der Waals surface area contributed by atoms with E-state index in [0.29, 0.717) is 17.1 Å². The Kier molecular flexibility index (Phi) is 7.11. The predicted molar refractivity (Wildman–Crippen MR) is 112 cm³/mol. The molecule has 2 rings (SSSR count). The average molecular weight is 417 g/mol. The molecule has 0 aliphatic carbocycles. The Morgan fingerprint density at radius 2 is 1.28 bits per heavy atom. The van der Waals surface area contributed by atoms with Gasteiger partial charge in [-0.3, -0.25) is 14.4 Å². The quantitative estimate of drug-likeness (QED) is 0.638. The van der Waals surface area contributed by atoms with Crippen molar-refractivity contribution in [3.8, 4) is 0 Å². The smallest absolute Gasteiger partial charge is 0.242 e. The fourth-order valence-corrected chi connectivity index (χ4v) is 3.46. The first-order valence-corrected chi connectivity index (χ1v) is 10.5. The lowest BCUT2D eigenvalue weighted by molar-refractivity contribution is -0.116. The molecule has 3 amide bonds. The van der Waals surface area contributed by atoms with E-state index in [0.717, 1.165) is 5.56 Å². The second-order valence-corrected chi connectivity index (χ2v) is 8.93. The van der Waals surface area contributed by atoms with Crippen LogP contribution in [-0.4, -0.2) is 37.1 Å². The molecule has 154 valence electrons. The minimum Gasteiger partial charge on any atom is -0.326 e. The van der Waals surface area contributed by atoms with Gasteiger partial charge in [0.05, 0.1) is 0 Å². The minimum atomic E-state index is -4.01. The molecule has 0 heterocycles. The van der Waals surface area contributed by atoms with Crippen molar-refractivity contribution < 1.29 is 22.8 Å². The van der Waals surface area contributed by atoms with E-state index in [1.54, 1.807) is 36.4 Å². The van der Waals surface area contributed by atoms with Gasteiger partial charge in [0, 0.05) is 24.0 Å². The molecule has 0 bridgehead atoms. The van der Waals surface area contributed by atoms with Crippen molar-refractivity contribution >= 4 is 44.6 Å². The highest BCUT2D eigenvalue weighted by molar-refractivity contribution is 7.93. The van der Waals surface area contributed by atoms with E-state index in [1.165, 1.54) is 26.0 Å². The van der Waals surface area contributed by atoms with Gasteiger partial charge in [-0.2, -0.15) is 0 Å². The summed E-state index contributed by atoms with van der Waals surface area (Å²) in [6, 6.07) is 13.1. The second-order valence-electron chi connectivity index (χ2n) is 6.61. The van der Waals surface area contributed by atoms with E-state index >= 15 is 0 Å². The van der Waals surface area contributed by atoms with E-state index in [4.69, 9.17) is 0 Å². The molecular weight excluding hydrogens is 394 g/mol. The number of amides is 3. The molecule has 0 saturated carbocycles. The summed E-state index contributed by atoms with van der Waals surface area (Å²) < 4.78 is 24.8. The number of sulfone groups is 1. The van der Waals surface area contributed by atoms with Crippen molar-refractivity contribution in [3.05, 3.63) is 54.1 Å². The third-order valence-corrected chi connectivity index (χ3v) is 6.00. The number of nitrogens with one attached hydrogen (secondary N) is 3. The summed E-state index contributed by atoms with van der Waals surface area (Å²) in [5, 5.41) is 6.17. The number of carbonyl (C=O) groups excluding carboxylic acids is 3. The van der Waals surface area contributed by atoms with Gasteiger partial charge in [0.25, 0.3) is 0 Å². The molecule has 0 saturated heterocycles. The van der Waals surface area contributed by atoms with E-state index in [9.17, 15) is 22.8 Å². The SMILES string of the molecule is CC(=O)Nc1ccc(NC(=O)C(C)S(=O)(=O)CC(=O)Nc2ccc(C)cc2)cc1. The summed E-state index contributed by atoms with van der Waals surface area (Å²) in [6.07, 6.45) is 0. The lowest BCUT2D eigenvalue weighted by Crippen LogP contribution is -2.37. The van der Waals surface area contributed by atoms with Gasteiger partial charge in [-0.05, 0) is 50.2 Å². The summed E-state index contributed by atoms with van der Waals surface area (Å²) in [5.74, 6) is -2.50. The number of rotatable bonds is 7. The molecule has 0 spiro atoms. The first-order valence-electron chi connectivity index (χ1n) is 8.83. The van der Waals surface area contributed by atoms with Crippen LogP contribution in [0.3, 0.4) is 0 Å². The van der Waals surface area contributed by atoms with Gasteiger partial charge < -0.3 is 16.0 Å². The number of hydrogen-bond acceptors (Lipinski definition) is 5. The molecule has 0 aromatic heterocycles. The number of carbonyl (C=O) groups is 3. The molecule has 1 atom stereocenters. The Morgan fingerprint density at radius 3 is 1.79 bits per heavy atom. The van der Waals surface area contributed by atoms with Crippen LogP contribution in [0.1, 0.15) is 19.4 Å². The summed E-state index contributed by atoms with van der Waals surface area (Å²) >= 11 is 0.